The summed E-state index contributed by atoms with van der Waals surface area (Å²) in [4.78, 5) is 0. The van der Waals surface area contributed by atoms with Crippen molar-refractivity contribution in [1.82, 2.24) is 4.57 Å². The Balaban J connectivity index is 0.000000145. The minimum Gasteiger partial charge on any atom is -0.332 e. The van der Waals surface area contributed by atoms with Crippen molar-refractivity contribution in [2.24, 2.45) is 0 Å². The molecule has 0 saturated heterocycles. The van der Waals surface area contributed by atoms with Gasteiger partial charge in [-0.05, 0) is 60.5 Å². The summed E-state index contributed by atoms with van der Waals surface area (Å²) in [6.07, 6.45) is 12.4. The smallest absolute Gasteiger partial charge is 0.332 e. The number of hydrogen-bond acceptors (Lipinski definition) is 0. The van der Waals surface area contributed by atoms with E-state index in [1.165, 1.54) is 74.6 Å². The van der Waals surface area contributed by atoms with E-state index in [1.807, 2.05) is 0 Å². The Kier molecular flexibility index (Phi) is 10.6. The average Bonchev–Trinajstić information content (AvgIpc) is 3.82. The van der Waals surface area contributed by atoms with Crippen LogP contribution in [0, 0.1) is 6.08 Å². The standard InChI is InChI=1S/C20H16N.C14H14.C7H9.Zr/c1-2-7-15-13-16(12-14(15)6-1)21-19-10-4-3-8-17(19)18-9-5-11-20(18)21;1-3-7-13(8-4-1)11-12-14-9-5-2-6-10-14;1-6-4-3-5-7(6)2;/h1-4,6-8,10,12-13H,5,9,11H2;1-10H,11-12H2;4H,3H2,1-2H3;/q-1;;-1;+2. The summed E-state index contributed by atoms with van der Waals surface area (Å²) in [6, 6.07) is 43.4. The molecule has 212 valence electrons. The molecule has 1 heterocycles. The van der Waals surface area contributed by atoms with Crippen LogP contribution in [0.15, 0.2) is 139 Å². The van der Waals surface area contributed by atoms with E-state index in [0.29, 0.717) is 0 Å². The van der Waals surface area contributed by atoms with Gasteiger partial charge in [-0.1, -0.05) is 91.9 Å². The summed E-state index contributed by atoms with van der Waals surface area (Å²) >= 11 is 0. The minimum atomic E-state index is 0. The van der Waals surface area contributed by atoms with Gasteiger partial charge in [0.25, 0.3) is 0 Å². The van der Waals surface area contributed by atoms with Crippen LogP contribution in [-0.4, -0.2) is 4.57 Å². The van der Waals surface area contributed by atoms with E-state index < -0.39 is 0 Å². The molecule has 8 rings (SSSR count). The molecule has 0 unspecified atom stereocenters. The fraction of sp³-hybridized carbons (Fsp3) is 0.195. The Morgan fingerprint density at radius 1 is 0.721 bits per heavy atom. The summed E-state index contributed by atoms with van der Waals surface area (Å²) < 4.78 is 2.48. The predicted octanol–water partition coefficient (Wildman–Crippen LogP) is 10.5. The van der Waals surface area contributed by atoms with Crippen LogP contribution in [0.3, 0.4) is 0 Å². The fourth-order valence-corrected chi connectivity index (χ4v) is 6.12. The van der Waals surface area contributed by atoms with Crippen molar-refractivity contribution in [1.29, 1.82) is 0 Å². The fourth-order valence-electron chi connectivity index (χ4n) is 6.12. The maximum Gasteiger partial charge on any atom is 2.00 e. The summed E-state index contributed by atoms with van der Waals surface area (Å²) in [5.74, 6) is 0. The molecule has 0 fully saturated rings. The molecule has 6 aromatic rings. The molecular weight excluding hydrogens is 598 g/mol. The monoisotopic (exact) mass is 635 g/mol. The van der Waals surface area contributed by atoms with Crippen LogP contribution >= 0.6 is 0 Å². The molecule has 43 heavy (non-hydrogen) atoms. The molecule has 2 aliphatic carbocycles. The third-order valence-corrected chi connectivity index (χ3v) is 8.54. The first-order valence-electron chi connectivity index (χ1n) is 15.3. The minimum absolute atomic E-state index is 0. The van der Waals surface area contributed by atoms with Crippen molar-refractivity contribution < 1.29 is 26.2 Å². The second-order valence-corrected chi connectivity index (χ2v) is 11.3. The topological polar surface area (TPSA) is 4.93 Å². The number of aromatic nitrogens is 1. The number of para-hydroxylation sites is 1. The van der Waals surface area contributed by atoms with Gasteiger partial charge in [-0.15, -0.1) is 54.4 Å². The van der Waals surface area contributed by atoms with E-state index in [2.05, 4.69) is 152 Å². The molecule has 0 spiro atoms. The molecule has 1 aromatic heterocycles. The number of aryl methyl sites for hydroxylation is 3. The first-order chi connectivity index (χ1) is 20.7. The summed E-state index contributed by atoms with van der Waals surface area (Å²) in [5.41, 5.74) is 11.3. The number of benzene rings is 4. The van der Waals surface area contributed by atoms with Crippen LogP contribution < -0.4 is 0 Å². The Hall–Kier alpha value is -3.61. The average molecular weight is 637 g/mol. The van der Waals surface area contributed by atoms with Gasteiger partial charge in [-0.25, -0.2) is 11.1 Å². The van der Waals surface area contributed by atoms with E-state index in [1.54, 1.807) is 5.56 Å². The number of hydrogen-bond donors (Lipinski definition) is 0. The van der Waals surface area contributed by atoms with Crippen molar-refractivity contribution in [3.8, 4) is 5.69 Å². The van der Waals surface area contributed by atoms with Crippen LogP contribution in [-0.2, 0) is 51.9 Å². The second kappa shape index (κ2) is 14.7. The maximum absolute atomic E-state index is 3.19. The van der Waals surface area contributed by atoms with Crippen LogP contribution in [0.5, 0.6) is 0 Å². The van der Waals surface area contributed by atoms with Gasteiger partial charge in [0, 0.05) is 11.1 Å². The van der Waals surface area contributed by atoms with Crippen LogP contribution in [0.25, 0.3) is 27.4 Å². The molecule has 5 aromatic carbocycles. The normalized spacial score (nSPS) is 13.3. The van der Waals surface area contributed by atoms with E-state index in [4.69, 9.17) is 0 Å². The molecule has 1 nitrogen and oxygen atoms in total. The van der Waals surface area contributed by atoms with Crippen molar-refractivity contribution >= 4 is 21.7 Å². The summed E-state index contributed by atoms with van der Waals surface area (Å²) in [7, 11) is 0. The quantitative estimate of drug-likeness (QED) is 0.170. The van der Waals surface area contributed by atoms with Gasteiger partial charge in [0.15, 0.2) is 0 Å². The zero-order chi connectivity index (χ0) is 28.7. The first kappa shape index (κ1) is 30.8. The number of rotatable bonds is 4. The Morgan fingerprint density at radius 2 is 1.35 bits per heavy atom. The largest absolute Gasteiger partial charge is 2.00 e. The molecular formula is C41H39NZr. The van der Waals surface area contributed by atoms with Gasteiger partial charge in [0.2, 0.25) is 0 Å². The zero-order valence-electron chi connectivity index (χ0n) is 25.3. The van der Waals surface area contributed by atoms with Gasteiger partial charge in [-0.3, -0.25) is 6.08 Å². The molecule has 0 atom stereocenters. The Labute approximate surface area is 276 Å². The molecule has 0 radical (unpaired) electrons. The SMILES string of the molecule is CC1=[C-]CC=C1C.[Zr+2].c1ccc(CCc2ccccc2)cc1.c1ccc2[cH-]c(-n3c4c(c5ccccc53)CCC4)cc2c1. The third-order valence-electron chi connectivity index (χ3n) is 8.54. The molecule has 0 aliphatic heterocycles. The third kappa shape index (κ3) is 7.31. The number of fused-ring (bicyclic) bond motifs is 4. The van der Waals surface area contributed by atoms with Crippen molar-refractivity contribution in [3.63, 3.8) is 0 Å². The second-order valence-electron chi connectivity index (χ2n) is 11.3. The van der Waals surface area contributed by atoms with Gasteiger partial charge in [-0.2, -0.15) is 6.08 Å². The van der Waals surface area contributed by atoms with Crippen molar-refractivity contribution in [2.75, 3.05) is 0 Å². The van der Waals surface area contributed by atoms with E-state index in [0.717, 1.165) is 19.3 Å². The predicted molar refractivity (Wildman–Crippen MR) is 179 cm³/mol. The van der Waals surface area contributed by atoms with E-state index >= 15 is 0 Å². The van der Waals surface area contributed by atoms with Gasteiger partial charge < -0.3 is 4.57 Å². The van der Waals surface area contributed by atoms with Gasteiger partial charge in [0.1, 0.15) is 0 Å². The maximum atomic E-state index is 3.19. The van der Waals surface area contributed by atoms with Crippen molar-refractivity contribution in [2.45, 2.75) is 52.4 Å². The Bertz CT molecular complexity index is 1740. The first-order valence-corrected chi connectivity index (χ1v) is 15.3. The summed E-state index contributed by atoms with van der Waals surface area (Å²) in [5, 5.41) is 4.10. The van der Waals surface area contributed by atoms with Gasteiger partial charge in [0.05, 0.1) is 5.52 Å². The molecule has 2 aliphatic rings. The number of allylic oxidation sites excluding steroid dienone is 4. The molecule has 0 bridgehead atoms. The van der Waals surface area contributed by atoms with E-state index in [-0.39, 0.29) is 26.2 Å². The molecule has 0 N–H and O–H groups in total. The van der Waals surface area contributed by atoms with Crippen LogP contribution in [0.2, 0.25) is 0 Å². The van der Waals surface area contributed by atoms with E-state index in [9.17, 15) is 0 Å². The summed E-state index contributed by atoms with van der Waals surface area (Å²) in [6.45, 7) is 4.22. The zero-order valence-corrected chi connectivity index (χ0v) is 27.8. The molecule has 0 saturated carbocycles. The number of nitrogens with zero attached hydrogens (tertiary/aromatic N) is 1. The van der Waals surface area contributed by atoms with Gasteiger partial charge >= 0.3 is 26.2 Å². The molecule has 0 amide bonds. The molecule has 2 heteroatoms. The van der Waals surface area contributed by atoms with Crippen LogP contribution in [0.1, 0.15) is 49.1 Å². The Morgan fingerprint density at radius 3 is 1.95 bits per heavy atom. The van der Waals surface area contributed by atoms with Crippen LogP contribution in [0.4, 0.5) is 0 Å². The van der Waals surface area contributed by atoms with Crippen molar-refractivity contribution in [3.05, 3.63) is 167 Å².